The fourth-order valence-corrected chi connectivity index (χ4v) is 3.93. The number of benzene rings is 1. The third kappa shape index (κ3) is 4.37. The molecule has 1 aromatic carbocycles. The van der Waals surface area contributed by atoms with E-state index in [1.807, 2.05) is 24.4 Å². The van der Waals surface area contributed by atoms with Gasteiger partial charge in [0.1, 0.15) is 5.82 Å². The van der Waals surface area contributed by atoms with Gasteiger partial charge in [0, 0.05) is 12.2 Å². The van der Waals surface area contributed by atoms with Crippen LogP contribution in [0.2, 0.25) is 0 Å². The molecule has 0 amide bonds. The van der Waals surface area contributed by atoms with Gasteiger partial charge in [-0.2, -0.15) is 0 Å². The SMILES string of the molecule is CC(NCCCCNC1CCCc2cccnc21)c1nc2ccccc2[nH]1. The highest BCUT2D eigenvalue weighted by Gasteiger charge is 2.20. The largest absolute Gasteiger partial charge is 0.341 e. The van der Waals surface area contributed by atoms with Crippen molar-refractivity contribution in [3.63, 3.8) is 0 Å². The summed E-state index contributed by atoms with van der Waals surface area (Å²) in [7, 11) is 0. The van der Waals surface area contributed by atoms with Gasteiger partial charge in [-0.3, -0.25) is 4.98 Å². The second-order valence-electron chi connectivity index (χ2n) is 7.47. The zero-order valence-electron chi connectivity index (χ0n) is 16.0. The highest BCUT2D eigenvalue weighted by Crippen LogP contribution is 2.27. The zero-order chi connectivity index (χ0) is 18.5. The summed E-state index contributed by atoms with van der Waals surface area (Å²) in [6, 6.07) is 13.1. The first-order chi connectivity index (χ1) is 13.3. The lowest BCUT2D eigenvalue weighted by molar-refractivity contribution is 0.436. The van der Waals surface area contributed by atoms with Crippen LogP contribution in [0.1, 0.15) is 61.8 Å². The Labute approximate surface area is 161 Å². The number of pyridine rings is 1. The van der Waals surface area contributed by atoms with E-state index in [9.17, 15) is 0 Å². The molecule has 0 aliphatic heterocycles. The van der Waals surface area contributed by atoms with Crippen LogP contribution in [0.25, 0.3) is 11.0 Å². The number of aromatic nitrogens is 3. The lowest BCUT2D eigenvalue weighted by Crippen LogP contribution is -2.28. The van der Waals surface area contributed by atoms with Crippen LogP contribution in [-0.2, 0) is 6.42 Å². The second-order valence-corrected chi connectivity index (χ2v) is 7.47. The molecule has 0 saturated heterocycles. The van der Waals surface area contributed by atoms with Gasteiger partial charge in [0.25, 0.3) is 0 Å². The fourth-order valence-electron chi connectivity index (χ4n) is 3.93. The average Bonchev–Trinajstić information content (AvgIpc) is 3.15. The molecule has 2 atom stereocenters. The lowest BCUT2D eigenvalue weighted by Gasteiger charge is -2.25. The van der Waals surface area contributed by atoms with Crippen LogP contribution in [0, 0.1) is 0 Å². The lowest BCUT2D eigenvalue weighted by atomic mass is 9.92. The molecule has 1 aliphatic carbocycles. The van der Waals surface area contributed by atoms with E-state index in [0.717, 1.165) is 36.4 Å². The summed E-state index contributed by atoms with van der Waals surface area (Å²) in [4.78, 5) is 12.7. The first-order valence-corrected chi connectivity index (χ1v) is 10.2. The van der Waals surface area contributed by atoms with Crippen LogP contribution in [0.5, 0.6) is 0 Å². The summed E-state index contributed by atoms with van der Waals surface area (Å²) < 4.78 is 0. The predicted molar refractivity (Wildman–Crippen MR) is 110 cm³/mol. The predicted octanol–water partition coefficient (Wildman–Crippen LogP) is 4.06. The molecule has 1 aliphatic rings. The number of unbranched alkanes of at least 4 members (excludes halogenated alkanes) is 1. The Kier molecular flexibility index (Phi) is 5.80. The summed E-state index contributed by atoms with van der Waals surface area (Å²) in [6.07, 6.45) is 7.86. The maximum atomic E-state index is 4.67. The van der Waals surface area contributed by atoms with Gasteiger partial charge in [-0.15, -0.1) is 0 Å². The van der Waals surface area contributed by atoms with Crippen molar-refractivity contribution in [1.82, 2.24) is 25.6 Å². The standard InChI is InChI=1S/C22H29N5/c1-16(22-26-18-10-2-3-11-19(18)27-22)23-13-4-5-14-24-20-12-6-8-17-9-7-15-25-21(17)20/h2-3,7,9-11,15-16,20,23-24H,4-6,8,12-14H2,1H3,(H,26,27). The average molecular weight is 364 g/mol. The van der Waals surface area contributed by atoms with Gasteiger partial charge in [-0.05, 0) is 75.9 Å². The van der Waals surface area contributed by atoms with Gasteiger partial charge >= 0.3 is 0 Å². The number of nitrogens with one attached hydrogen (secondary N) is 3. The van der Waals surface area contributed by atoms with Gasteiger partial charge in [0.15, 0.2) is 0 Å². The van der Waals surface area contributed by atoms with E-state index in [4.69, 9.17) is 0 Å². The molecule has 3 aromatic rings. The first kappa shape index (κ1) is 18.1. The number of rotatable bonds is 8. The van der Waals surface area contributed by atoms with Gasteiger partial charge in [0.05, 0.1) is 22.8 Å². The Morgan fingerprint density at radius 3 is 2.96 bits per heavy atom. The second kappa shape index (κ2) is 8.63. The van der Waals surface area contributed by atoms with E-state index in [0.29, 0.717) is 6.04 Å². The molecule has 0 saturated carbocycles. The number of hydrogen-bond donors (Lipinski definition) is 3. The molecule has 3 N–H and O–H groups in total. The number of H-pyrrole nitrogens is 1. The molecule has 5 nitrogen and oxygen atoms in total. The van der Waals surface area contributed by atoms with Gasteiger partial charge in [-0.1, -0.05) is 18.2 Å². The van der Waals surface area contributed by atoms with Gasteiger partial charge < -0.3 is 15.6 Å². The van der Waals surface area contributed by atoms with Crippen molar-refractivity contribution in [2.24, 2.45) is 0 Å². The third-order valence-corrected chi connectivity index (χ3v) is 5.46. The summed E-state index contributed by atoms with van der Waals surface area (Å²) in [5, 5.41) is 7.29. The normalized spacial score (nSPS) is 17.7. The third-order valence-electron chi connectivity index (χ3n) is 5.46. The topological polar surface area (TPSA) is 65.6 Å². The van der Waals surface area contributed by atoms with E-state index < -0.39 is 0 Å². The van der Waals surface area contributed by atoms with Crippen molar-refractivity contribution >= 4 is 11.0 Å². The number of nitrogens with zero attached hydrogens (tertiary/aromatic N) is 2. The summed E-state index contributed by atoms with van der Waals surface area (Å²) in [5.74, 6) is 1.01. The maximum absolute atomic E-state index is 4.67. The number of aryl methyl sites for hydroxylation is 1. The van der Waals surface area contributed by atoms with Crippen LogP contribution in [0.15, 0.2) is 42.6 Å². The maximum Gasteiger partial charge on any atom is 0.124 e. The number of fused-ring (bicyclic) bond motifs is 2. The molecule has 142 valence electrons. The smallest absolute Gasteiger partial charge is 0.124 e. The van der Waals surface area contributed by atoms with Crippen LogP contribution < -0.4 is 10.6 Å². The van der Waals surface area contributed by atoms with E-state index in [1.54, 1.807) is 0 Å². The van der Waals surface area contributed by atoms with E-state index >= 15 is 0 Å². The van der Waals surface area contributed by atoms with Crippen LogP contribution in [0.4, 0.5) is 0 Å². The highest BCUT2D eigenvalue weighted by molar-refractivity contribution is 5.74. The Morgan fingerprint density at radius 2 is 2.04 bits per heavy atom. The molecule has 2 aromatic heterocycles. The minimum Gasteiger partial charge on any atom is -0.341 e. The molecule has 0 spiro atoms. The minimum absolute atomic E-state index is 0.236. The quantitative estimate of drug-likeness (QED) is 0.528. The fraction of sp³-hybridized carbons (Fsp3) is 0.455. The Hall–Kier alpha value is -2.24. The van der Waals surface area contributed by atoms with Gasteiger partial charge in [-0.25, -0.2) is 4.98 Å². The monoisotopic (exact) mass is 363 g/mol. The first-order valence-electron chi connectivity index (χ1n) is 10.2. The van der Waals surface area contributed by atoms with E-state index in [-0.39, 0.29) is 6.04 Å². The molecule has 0 bridgehead atoms. The molecule has 5 heteroatoms. The molecule has 2 unspecified atom stereocenters. The van der Waals surface area contributed by atoms with Gasteiger partial charge in [0.2, 0.25) is 0 Å². The highest BCUT2D eigenvalue weighted by atomic mass is 15.0. The molecule has 27 heavy (non-hydrogen) atoms. The van der Waals surface area contributed by atoms with Crippen molar-refractivity contribution in [3.8, 4) is 0 Å². The van der Waals surface area contributed by atoms with Crippen LogP contribution >= 0.6 is 0 Å². The molecule has 4 rings (SSSR count). The number of para-hydroxylation sites is 2. The van der Waals surface area contributed by atoms with E-state index in [2.05, 4.69) is 50.7 Å². The summed E-state index contributed by atoms with van der Waals surface area (Å²) in [5.41, 5.74) is 4.82. The number of imidazole rings is 1. The van der Waals surface area contributed by atoms with Crippen LogP contribution in [-0.4, -0.2) is 28.0 Å². The number of hydrogen-bond acceptors (Lipinski definition) is 4. The van der Waals surface area contributed by atoms with Crippen molar-refractivity contribution in [2.75, 3.05) is 13.1 Å². The van der Waals surface area contributed by atoms with Crippen molar-refractivity contribution < 1.29 is 0 Å². The Balaban J connectivity index is 1.18. The van der Waals surface area contributed by atoms with E-state index in [1.165, 1.54) is 36.9 Å². The number of aromatic amines is 1. The Bertz CT molecular complexity index is 839. The summed E-state index contributed by atoms with van der Waals surface area (Å²) in [6.45, 7) is 4.21. The minimum atomic E-state index is 0.236. The molecular formula is C22H29N5. The van der Waals surface area contributed by atoms with Crippen molar-refractivity contribution in [3.05, 3.63) is 59.7 Å². The Morgan fingerprint density at radius 1 is 1.15 bits per heavy atom. The zero-order valence-corrected chi connectivity index (χ0v) is 16.0. The molecule has 0 fully saturated rings. The molecular weight excluding hydrogens is 334 g/mol. The summed E-state index contributed by atoms with van der Waals surface area (Å²) >= 11 is 0. The molecule has 0 radical (unpaired) electrons. The van der Waals surface area contributed by atoms with Crippen molar-refractivity contribution in [1.29, 1.82) is 0 Å². The molecule has 2 heterocycles. The van der Waals surface area contributed by atoms with Crippen LogP contribution in [0.3, 0.4) is 0 Å². The van der Waals surface area contributed by atoms with Crippen molar-refractivity contribution in [2.45, 2.75) is 51.1 Å².